The molecule has 2 aliphatic rings. The van der Waals surface area contributed by atoms with Crippen LogP contribution in [0.25, 0.3) is 0 Å². The summed E-state index contributed by atoms with van der Waals surface area (Å²) in [5, 5.41) is 9.52. The Bertz CT molecular complexity index is 353. The molecule has 0 spiro atoms. The van der Waals surface area contributed by atoms with E-state index in [1.807, 2.05) is 6.92 Å². The quantitative estimate of drug-likeness (QED) is 0.816. The maximum Gasteiger partial charge on any atom is 0.151 e. The minimum Gasteiger partial charge on any atom is -0.393 e. The van der Waals surface area contributed by atoms with Crippen LogP contribution in [-0.4, -0.2) is 54.7 Å². The number of hydrogen-bond acceptors (Lipinski definition) is 4. The largest absolute Gasteiger partial charge is 0.393 e. The van der Waals surface area contributed by atoms with Crippen molar-refractivity contribution in [3.63, 3.8) is 0 Å². The Kier molecular flexibility index (Phi) is 4.10. The van der Waals surface area contributed by atoms with Gasteiger partial charge in [0.15, 0.2) is 9.84 Å². The number of aliphatic hydroxyl groups excluding tert-OH is 1. The summed E-state index contributed by atoms with van der Waals surface area (Å²) in [6, 6.07) is 0.575. The van der Waals surface area contributed by atoms with Crippen LogP contribution >= 0.6 is 0 Å². The van der Waals surface area contributed by atoms with Gasteiger partial charge in [0.25, 0.3) is 0 Å². The van der Waals surface area contributed by atoms with Crippen molar-refractivity contribution < 1.29 is 13.5 Å². The van der Waals surface area contributed by atoms with Crippen LogP contribution in [0.5, 0.6) is 0 Å². The van der Waals surface area contributed by atoms with Gasteiger partial charge in [-0.15, -0.1) is 0 Å². The molecule has 0 radical (unpaired) electrons. The lowest BCUT2D eigenvalue weighted by molar-refractivity contribution is 0.0624. The Morgan fingerprint density at radius 3 is 2.71 bits per heavy atom. The lowest BCUT2D eigenvalue weighted by Gasteiger charge is -2.40. The van der Waals surface area contributed by atoms with Gasteiger partial charge in [0.05, 0.1) is 17.6 Å². The lowest BCUT2D eigenvalue weighted by atomic mass is 9.95. The average Bonchev–Trinajstić information content (AvgIpc) is 2.59. The van der Waals surface area contributed by atoms with Crippen molar-refractivity contribution in [1.82, 2.24) is 4.90 Å². The third kappa shape index (κ3) is 3.42. The molecule has 4 nitrogen and oxygen atoms in total. The summed E-state index contributed by atoms with van der Waals surface area (Å²) >= 11 is 0. The van der Waals surface area contributed by atoms with E-state index >= 15 is 0 Å². The maximum atomic E-state index is 11.5. The van der Waals surface area contributed by atoms with Crippen LogP contribution in [-0.2, 0) is 9.84 Å². The van der Waals surface area contributed by atoms with Crippen LogP contribution < -0.4 is 0 Å². The third-order valence-corrected chi connectivity index (χ3v) is 5.71. The predicted molar refractivity (Wildman–Crippen MR) is 67.7 cm³/mol. The first-order valence-corrected chi connectivity index (χ1v) is 8.44. The van der Waals surface area contributed by atoms with Gasteiger partial charge in [-0.3, -0.25) is 4.90 Å². The fourth-order valence-corrected chi connectivity index (χ4v) is 4.93. The van der Waals surface area contributed by atoms with Crippen molar-refractivity contribution in [2.24, 2.45) is 0 Å². The highest BCUT2D eigenvalue weighted by Crippen LogP contribution is 2.28. The second-order valence-electron chi connectivity index (χ2n) is 5.53. The van der Waals surface area contributed by atoms with Crippen LogP contribution in [0.1, 0.15) is 39.0 Å². The standard InChI is InChI=1S/C12H23NO3S/c1-10(14)8-11-4-2-3-6-13(11)12-5-7-17(15,16)9-12/h10-12,14H,2-9H2,1H3. The molecular weight excluding hydrogens is 238 g/mol. The van der Waals surface area contributed by atoms with Crippen molar-refractivity contribution in [2.45, 2.75) is 57.2 Å². The van der Waals surface area contributed by atoms with Crippen molar-refractivity contribution in [3.8, 4) is 0 Å². The number of piperidine rings is 1. The molecule has 17 heavy (non-hydrogen) atoms. The van der Waals surface area contributed by atoms with E-state index in [0.29, 0.717) is 17.5 Å². The van der Waals surface area contributed by atoms with E-state index in [-0.39, 0.29) is 12.1 Å². The van der Waals surface area contributed by atoms with Gasteiger partial charge in [-0.25, -0.2) is 8.42 Å². The first kappa shape index (κ1) is 13.3. The number of aliphatic hydroxyl groups is 1. The van der Waals surface area contributed by atoms with Gasteiger partial charge in [-0.2, -0.15) is 0 Å². The van der Waals surface area contributed by atoms with Gasteiger partial charge in [0.1, 0.15) is 0 Å². The smallest absolute Gasteiger partial charge is 0.151 e. The first-order chi connectivity index (χ1) is 7.98. The fraction of sp³-hybridized carbons (Fsp3) is 1.00. The van der Waals surface area contributed by atoms with E-state index in [9.17, 15) is 13.5 Å². The lowest BCUT2D eigenvalue weighted by Crippen LogP contribution is -2.47. The monoisotopic (exact) mass is 261 g/mol. The third-order valence-electron chi connectivity index (χ3n) is 3.96. The Morgan fingerprint density at radius 1 is 1.35 bits per heavy atom. The van der Waals surface area contributed by atoms with E-state index < -0.39 is 9.84 Å². The summed E-state index contributed by atoms with van der Waals surface area (Å²) in [6.45, 7) is 2.82. The molecule has 0 bridgehead atoms. The van der Waals surface area contributed by atoms with Crippen LogP contribution in [0.2, 0.25) is 0 Å². The molecule has 2 saturated heterocycles. The first-order valence-electron chi connectivity index (χ1n) is 6.62. The molecular formula is C12H23NO3S. The van der Waals surface area contributed by atoms with Crippen LogP contribution in [0, 0.1) is 0 Å². The number of rotatable bonds is 3. The molecule has 5 heteroatoms. The molecule has 1 N–H and O–H groups in total. The van der Waals surface area contributed by atoms with Gasteiger partial charge in [0, 0.05) is 12.1 Å². The molecule has 0 aromatic heterocycles. The zero-order valence-electron chi connectivity index (χ0n) is 10.5. The summed E-state index contributed by atoms with van der Waals surface area (Å²) in [5.74, 6) is 0.666. The Labute approximate surface area is 104 Å². The number of nitrogens with zero attached hydrogens (tertiary/aromatic N) is 1. The Hall–Kier alpha value is -0.130. The van der Waals surface area contributed by atoms with Crippen LogP contribution in [0.3, 0.4) is 0 Å². The predicted octanol–water partition coefficient (Wildman–Crippen LogP) is 0.799. The maximum absolute atomic E-state index is 11.5. The molecule has 0 aliphatic carbocycles. The highest BCUT2D eigenvalue weighted by atomic mass is 32.2. The average molecular weight is 261 g/mol. The molecule has 2 heterocycles. The van der Waals surface area contributed by atoms with E-state index in [1.54, 1.807) is 0 Å². The van der Waals surface area contributed by atoms with Crippen molar-refractivity contribution in [2.75, 3.05) is 18.1 Å². The topological polar surface area (TPSA) is 57.6 Å². The molecule has 0 aromatic carbocycles. The van der Waals surface area contributed by atoms with Crippen LogP contribution in [0.15, 0.2) is 0 Å². The summed E-state index contributed by atoms with van der Waals surface area (Å²) < 4.78 is 23.1. The van der Waals surface area contributed by atoms with Gasteiger partial charge >= 0.3 is 0 Å². The SMILES string of the molecule is CC(O)CC1CCCCN1C1CCS(=O)(=O)C1. The second-order valence-corrected chi connectivity index (χ2v) is 7.76. The highest BCUT2D eigenvalue weighted by molar-refractivity contribution is 7.91. The zero-order chi connectivity index (χ0) is 12.5. The van der Waals surface area contributed by atoms with Crippen molar-refractivity contribution in [1.29, 1.82) is 0 Å². The van der Waals surface area contributed by atoms with Crippen molar-refractivity contribution >= 4 is 9.84 Å². The van der Waals surface area contributed by atoms with Crippen molar-refractivity contribution in [3.05, 3.63) is 0 Å². The summed E-state index contributed by atoms with van der Waals surface area (Å²) in [6.07, 6.45) is 4.72. The minimum absolute atomic E-state index is 0.198. The molecule has 0 aromatic rings. The van der Waals surface area contributed by atoms with E-state index in [2.05, 4.69) is 4.90 Å². The Balaban J connectivity index is 2.01. The van der Waals surface area contributed by atoms with E-state index in [1.165, 1.54) is 6.42 Å². The molecule has 2 rings (SSSR count). The van der Waals surface area contributed by atoms with Gasteiger partial charge in [-0.05, 0) is 39.2 Å². The van der Waals surface area contributed by atoms with E-state index in [0.717, 1.165) is 32.2 Å². The minimum atomic E-state index is -2.80. The summed E-state index contributed by atoms with van der Waals surface area (Å²) in [5.41, 5.74) is 0. The molecule has 0 saturated carbocycles. The summed E-state index contributed by atoms with van der Waals surface area (Å²) in [7, 11) is -2.80. The highest BCUT2D eigenvalue weighted by Gasteiger charge is 2.36. The van der Waals surface area contributed by atoms with Crippen LogP contribution in [0.4, 0.5) is 0 Å². The molecule has 2 aliphatic heterocycles. The molecule has 3 atom stereocenters. The van der Waals surface area contributed by atoms with Gasteiger partial charge in [0.2, 0.25) is 0 Å². The fourth-order valence-electron chi connectivity index (χ4n) is 3.19. The number of hydrogen-bond donors (Lipinski definition) is 1. The van der Waals surface area contributed by atoms with E-state index in [4.69, 9.17) is 0 Å². The number of sulfone groups is 1. The summed E-state index contributed by atoms with van der Waals surface area (Å²) in [4.78, 5) is 2.35. The number of likely N-dealkylation sites (tertiary alicyclic amines) is 1. The molecule has 100 valence electrons. The van der Waals surface area contributed by atoms with Gasteiger partial charge < -0.3 is 5.11 Å². The normalized spacial score (nSPS) is 35.9. The molecule has 0 amide bonds. The molecule has 2 fully saturated rings. The Morgan fingerprint density at radius 2 is 2.12 bits per heavy atom. The van der Waals surface area contributed by atoms with Gasteiger partial charge in [-0.1, -0.05) is 6.42 Å². The zero-order valence-corrected chi connectivity index (χ0v) is 11.3. The molecule has 3 unspecified atom stereocenters. The second kappa shape index (κ2) is 5.24.